The first-order valence-electron chi connectivity index (χ1n) is 8.82. The van der Waals surface area contributed by atoms with Crippen molar-refractivity contribution in [3.63, 3.8) is 0 Å². The van der Waals surface area contributed by atoms with Crippen molar-refractivity contribution in [2.24, 2.45) is 5.73 Å². The first-order chi connectivity index (χ1) is 13.4. The van der Waals surface area contributed by atoms with Crippen LogP contribution in [0.3, 0.4) is 0 Å². The van der Waals surface area contributed by atoms with Gasteiger partial charge in [0.15, 0.2) is 0 Å². The van der Waals surface area contributed by atoms with Gasteiger partial charge in [0.25, 0.3) is 0 Å². The Balaban J connectivity index is 1.71. The number of benzene rings is 2. The molecule has 2 amide bonds. The summed E-state index contributed by atoms with van der Waals surface area (Å²) in [6.07, 6.45) is 0. The SMILES string of the molecule is CC(NC(=O)CN1CCSC1)(C(N)=O)c1ccc(Oc2ccc(F)cc2)cc1. The van der Waals surface area contributed by atoms with Gasteiger partial charge < -0.3 is 15.8 Å². The van der Waals surface area contributed by atoms with Crippen LogP contribution in [0.1, 0.15) is 12.5 Å². The number of thioether (sulfide) groups is 1. The van der Waals surface area contributed by atoms with E-state index in [1.165, 1.54) is 24.3 Å². The van der Waals surface area contributed by atoms with E-state index in [-0.39, 0.29) is 18.3 Å². The Morgan fingerprint density at radius 3 is 2.32 bits per heavy atom. The Bertz CT molecular complexity index is 839. The number of primary amides is 1. The normalized spacial score (nSPS) is 16.4. The third-order valence-electron chi connectivity index (χ3n) is 4.56. The summed E-state index contributed by atoms with van der Waals surface area (Å²) in [5.74, 6) is 1.56. The molecule has 0 saturated carbocycles. The highest BCUT2D eigenvalue weighted by molar-refractivity contribution is 7.99. The van der Waals surface area contributed by atoms with Crippen LogP contribution in [0.5, 0.6) is 11.5 Å². The fraction of sp³-hybridized carbons (Fsp3) is 0.300. The molecule has 28 heavy (non-hydrogen) atoms. The molecule has 3 rings (SSSR count). The van der Waals surface area contributed by atoms with Crippen molar-refractivity contribution in [2.75, 3.05) is 24.7 Å². The number of ether oxygens (including phenoxy) is 1. The topological polar surface area (TPSA) is 84.7 Å². The van der Waals surface area contributed by atoms with Crippen molar-refractivity contribution in [3.8, 4) is 11.5 Å². The van der Waals surface area contributed by atoms with Gasteiger partial charge in [0.1, 0.15) is 22.9 Å². The molecule has 2 aromatic carbocycles. The van der Waals surface area contributed by atoms with Gasteiger partial charge in [0, 0.05) is 18.2 Å². The predicted octanol–water partition coefficient (Wildman–Crippen LogP) is 2.44. The van der Waals surface area contributed by atoms with Crippen LogP contribution < -0.4 is 15.8 Å². The molecule has 0 aromatic heterocycles. The van der Waals surface area contributed by atoms with Crippen LogP contribution in [-0.2, 0) is 15.1 Å². The Kier molecular flexibility index (Phi) is 6.21. The molecule has 6 nitrogen and oxygen atoms in total. The lowest BCUT2D eigenvalue weighted by Crippen LogP contribution is -2.54. The maximum absolute atomic E-state index is 13.0. The predicted molar refractivity (Wildman–Crippen MR) is 107 cm³/mol. The quantitative estimate of drug-likeness (QED) is 0.742. The number of hydrogen-bond acceptors (Lipinski definition) is 5. The highest BCUT2D eigenvalue weighted by Gasteiger charge is 2.35. The van der Waals surface area contributed by atoms with Gasteiger partial charge in [-0.25, -0.2) is 4.39 Å². The summed E-state index contributed by atoms with van der Waals surface area (Å²) in [6.45, 7) is 2.66. The van der Waals surface area contributed by atoms with Crippen molar-refractivity contribution in [2.45, 2.75) is 12.5 Å². The van der Waals surface area contributed by atoms with Gasteiger partial charge in [-0.2, -0.15) is 0 Å². The Labute approximate surface area is 167 Å². The van der Waals surface area contributed by atoms with Crippen LogP contribution in [0, 0.1) is 5.82 Å². The van der Waals surface area contributed by atoms with Crippen molar-refractivity contribution in [3.05, 3.63) is 59.9 Å². The van der Waals surface area contributed by atoms with E-state index in [1.807, 2.05) is 4.90 Å². The largest absolute Gasteiger partial charge is 0.457 e. The zero-order valence-electron chi connectivity index (χ0n) is 15.5. The number of halogens is 1. The van der Waals surface area contributed by atoms with Crippen LogP contribution in [-0.4, -0.2) is 41.4 Å². The highest BCUT2D eigenvalue weighted by atomic mass is 32.2. The van der Waals surface area contributed by atoms with Crippen molar-refractivity contribution in [1.82, 2.24) is 10.2 Å². The Hall–Kier alpha value is -2.58. The molecule has 1 aliphatic rings. The number of nitrogens with zero attached hydrogens (tertiary/aromatic N) is 1. The number of rotatable bonds is 7. The number of hydrogen-bond donors (Lipinski definition) is 2. The van der Waals surface area contributed by atoms with Crippen LogP contribution in [0.4, 0.5) is 4.39 Å². The molecule has 1 heterocycles. The standard InChI is InChI=1S/C20H22FN3O3S/c1-20(19(22)26,23-18(25)12-24-10-11-28-13-24)14-2-6-16(7-3-14)27-17-8-4-15(21)5-9-17/h2-9H,10-13H2,1H3,(H2,22,26)(H,23,25). The number of nitrogens with one attached hydrogen (secondary N) is 1. The fourth-order valence-corrected chi connectivity index (χ4v) is 3.86. The van der Waals surface area contributed by atoms with E-state index in [9.17, 15) is 14.0 Å². The molecular formula is C20H22FN3O3S. The summed E-state index contributed by atoms with van der Waals surface area (Å²) in [6, 6.07) is 12.4. The van der Waals surface area contributed by atoms with E-state index in [2.05, 4.69) is 5.32 Å². The van der Waals surface area contributed by atoms with Gasteiger partial charge in [0.05, 0.1) is 6.54 Å². The molecule has 0 aliphatic carbocycles. The number of carbonyl (C=O) groups excluding carboxylic acids is 2. The minimum absolute atomic E-state index is 0.224. The van der Waals surface area contributed by atoms with Gasteiger partial charge in [-0.3, -0.25) is 14.5 Å². The average molecular weight is 403 g/mol. The minimum Gasteiger partial charge on any atom is -0.457 e. The van der Waals surface area contributed by atoms with Crippen LogP contribution >= 0.6 is 11.8 Å². The molecule has 0 bridgehead atoms. The van der Waals surface area contributed by atoms with Crippen LogP contribution in [0.2, 0.25) is 0 Å². The number of amides is 2. The highest BCUT2D eigenvalue weighted by Crippen LogP contribution is 2.26. The summed E-state index contributed by atoms with van der Waals surface area (Å²) < 4.78 is 18.6. The smallest absolute Gasteiger partial charge is 0.247 e. The van der Waals surface area contributed by atoms with Crippen molar-refractivity contribution >= 4 is 23.6 Å². The molecule has 2 aromatic rings. The summed E-state index contributed by atoms with van der Waals surface area (Å²) in [5.41, 5.74) is 4.81. The summed E-state index contributed by atoms with van der Waals surface area (Å²) in [4.78, 5) is 26.5. The fourth-order valence-electron chi connectivity index (χ4n) is 2.87. The lowest BCUT2D eigenvalue weighted by molar-refractivity contribution is -0.131. The van der Waals surface area contributed by atoms with Gasteiger partial charge in [0.2, 0.25) is 11.8 Å². The minimum atomic E-state index is -1.33. The number of carbonyl (C=O) groups is 2. The van der Waals surface area contributed by atoms with Crippen molar-refractivity contribution < 1.29 is 18.7 Å². The molecular weight excluding hydrogens is 381 g/mol. The van der Waals surface area contributed by atoms with E-state index in [0.29, 0.717) is 17.1 Å². The third kappa shape index (κ3) is 4.82. The molecule has 1 aliphatic heterocycles. The maximum atomic E-state index is 13.0. The lowest BCUT2D eigenvalue weighted by atomic mass is 9.91. The van der Waals surface area contributed by atoms with Gasteiger partial charge >= 0.3 is 0 Å². The van der Waals surface area contributed by atoms with Crippen LogP contribution in [0.15, 0.2) is 48.5 Å². The second kappa shape index (κ2) is 8.62. The number of nitrogens with two attached hydrogens (primary N) is 1. The first kappa shape index (κ1) is 20.2. The van der Waals surface area contributed by atoms with Gasteiger partial charge in [-0.15, -0.1) is 11.8 Å². The third-order valence-corrected chi connectivity index (χ3v) is 5.58. The monoisotopic (exact) mass is 403 g/mol. The molecule has 8 heteroatoms. The van der Waals surface area contributed by atoms with Crippen LogP contribution in [0.25, 0.3) is 0 Å². The average Bonchev–Trinajstić information content (AvgIpc) is 3.16. The zero-order chi connectivity index (χ0) is 20.1. The molecule has 1 saturated heterocycles. The molecule has 148 valence electrons. The molecule has 0 radical (unpaired) electrons. The van der Waals surface area contributed by atoms with E-state index in [0.717, 1.165) is 18.2 Å². The van der Waals surface area contributed by atoms with Crippen molar-refractivity contribution in [1.29, 1.82) is 0 Å². The second-order valence-corrected chi connectivity index (χ2v) is 7.78. The Morgan fingerprint density at radius 1 is 1.18 bits per heavy atom. The maximum Gasteiger partial charge on any atom is 0.247 e. The molecule has 1 atom stereocenters. The zero-order valence-corrected chi connectivity index (χ0v) is 16.3. The second-order valence-electron chi connectivity index (χ2n) is 6.71. The summed E-state index contributed by atoms with van der Waals surface area (Å²) in [7, 11) is 0. The molecule has 3 N–H and O–H groups in total. The van der Waals surface area contributed by atoms with Gasteiger partial charge in [-0.1, -0.05) is 12.1 Å². The molecule has 0 spiro atoms. The van der Waals surface area contributed by atoms with E-state index in [1.54, 1.807) is 43.0 Å². The summed E-state index contributed by atoms with van der Waals surface area (Å²) >= 11 is 1.77. The molecule has 1 fully saturated rings. The van der Waals surface area contributed by atoms with Gasteiger partial charge in [-0.05, 0) is 48.9 Å². The summed E-state index contributed by atoms with van der Waals surface area (Å²) in [5, 5.41) is 2.76. The van der Waals surface area contributed by atoms with E-state index in [4.69, 9.17) is 10.5 Å². The first-order valence-corrected chi connectivity index (χ1v) is 9.97. The Morgan fingerprint density at radius 2 is 1.79 bits per heavy atom. The molecule has 1 unspecified atom stereocenters. The lowest BCUT2D eigenvalue weighted by Gasteiger charge is -2.29. The van der Waals surface area contributed by atoms with E-state index >= 15 is 0 Å². The van der Waals surface area contributed by atoms with E-state index < -0.39 is 11.4 Å².